The molecule has 5 nitrogen and oxygen atoms in total. The van der Waals surface area contributed by atoms with Gasteiger partial charge in [0.25, 0.3) is 5.91 Å². The van der Waals surface area contributed by atoms with Crippen LogP contribution in [0.25, 0.3) is 0 Å². The maximum absolute atomic E-state index is 13.7. The summed E-state index contributed by atoms with van der Waals surface area (Å²) in [6.45, 7) is 1.09. The lowest BCUT2D eigenvalue weighted by Gasteiger charge is -2.25. The van der Waals surface area contributed by atoms with Gasteiger partial charge in [0.15, 0.2) is 0 Å². The first-order valence-corrected chi connectivity index (χ1v) is 12.6. The van der Waals surface area contributed by atoms with Gasteiger partial charge in [-0.2, -0.15) is 0 Å². The van der Waals surface area contributed by atoms with Crippen molar-refractivity contribution < 1.29 is 14.0 Å². The third-order valence-corrected chi connectivity index (χ3v) is 7.19. The molecule has 33 heavy (non-hydrogen) atoms. The van der Waals surface area contributed by atoms with Gasteiger partial charge in [0.1, 0.15) is 5.82 Å². The van der Waals surface area contributed by atoms with Crippen LogP contribution in [-0.2, 0) is 4.79 Å². The summed E-state index contributed by atoms with van der Waals surface area (Å²) >= 11 is 1.38. The van der Waals surface area contributed by atoms with Crippen LogP contribution < -0.4 is 10.6 Å². The van der Waals surface area contributed by atoms with Gasteiger partial charge in [-0.15, -0.1) is 11.8 Å². The number of thioether (sulfide) groups is 1. The van der Waals surface area contributed by atoms with Crippen LogP contribution in [0.3, 0.4) is 0 Å². The van der Waals surface area contributed by atoms with E-state index in [1.807, 2.05) is 43.3 Å². The van der Waals surface area contributed by atoms with Crippen molar-refractivity contribution >= 4 is 23.6 Å². The summed E-state index contributed by atoms with van der Waals surface area (Å²) in [5.74, 6) is 0.367. The van der Waals surface area contributed by atoms with Crippen molar-refractivity contribution in [1.82, 2.24) is 15.5 Å². The van der Waals surface area contributed by atoms with Crippen LogP contribution in [-0.4, -0.2) is 49.7 Å². The Morgan fingerprint density at radius 1 is 1.06 bits per heavy atom. The Morgan fingerprint density at radius 3 is 2.55 bits per heavy atom. The molecular weight excluding hydrogens is 437 g/mol. The summed E-state index contributed by atoms with van der Waals surface area (Å²) in [4.78, 5) is 28.0. The topological polar surface area (TPSA) is 61.4 Å². The summed E-state index contributed by atoms with van der Waals surface area (Å²) in [7, 11) is 3.80. The van der Waals surface area contributed by atoms with Crippen molar-refractivity contribution in [3.05, 3.63) is 65.5 Å². The first-order chi connectivity index (χ1) is 15.9. The molecule has 1 unspecified atom stereocenters. The van der Waals surface area contributed by atoms with Gasteiger partial charge >= 0.3 is 0 Å². The SMILES string of the molecule is CN(C)C(CNC(=O)c1ccccc1SCC(=O)NCC1CCCCC1)c1cccc(F)c1. The molecule has 1 aliphatic carbocycles. The number of rotatable bonds is 10. The highest BCUT2D eigenvalue weighted by molar-refractivity contribution is 8.00. The Bertz CT molecular complexity index is 931. The van der Waals surface area contributed by atoms with Crippen LogP contribution in [0.1, 0.15) is 54.1 Å². The largest absolute Gasteiger partial charge is 0.355 e. The van der Waals surface area contributed by atoms with E-state index in [4.69, 9.17) is 0 Å². The smallest absolute Gasteiger partial charge is 0.252 e. The highest BCUT2D eigenvalue weighted by Gasteiger charge is 2.19. The van der Waals surface area contributed by atoms with Crippen LogP contribution in [0.4, 0.5) is 4.39 Å². The number of amides is 2. The second kappa shape index (κ2) is 12.8. The Labute approximate surface area is 200 Å². The van der Waals surface area contributed by atoms with Gasteiger partial charge < -0.3 is 15.5 Å². The lowest BCUT2D eigenvalue weighted by Crippen LogP contribution is -2.35. The molecule has 0 aliphatic heterocycles. The fraction of sp³-hybridized carbons (Fsp3) is 0.462. The van der Waals surface area contributed by atoms with Crippen LogP contribution in [0.15, 0.2) is 53.4 Å². The molecule has 2 aromatic rings. The lowest BCUT2D eigenvalue weighted by atomic mass is 9.89. The van der Waals surface area contributed by atoms with E-state index in [2.05, 4.69) is 10.6 Å². The summed E-state index contributed by atoms with van der Waals surface area (Å²) in [5, 5.41) is 6.03. The number of carbonyl (C=O) groups excluding carboxylic acids is 2. The van der Waals surface area contributed by atoms with E-state index in [1.165, 1.54) is 56.0 Å². The Balaban J connectivity index is 1.54. The molecule has 0 radical (unpaired) electrons. The van der Waals surface area contributed by atoms with E-state index in [0.29, 0.717) is 18.0 Å². The molecule has 1 atom stereocenters. The van der Waals surface area contributed by atoms with Gasteiger partial charge in [-0.25, -0.2) is 4.39 Å². The molecule has 0 heterocycles. The van der Waals surface area contributed by atoms with E-state index < -0.39 is 0 Å². The first kappa shape index (κ1) is 25.2. The number of hydrogen-bond donors (Lipinski definition) is 2. The minimum Gasteiger partial charge on any atom is -0.355 e. The van der Waals surface area contributed by atoms with E-state index in [-0.39, 0.29) is 29.4 Å². The van der Waals surface area contributed by atoms with Gasteiger partial charge in [0.05, 0.1) is 17.4 Å². The highest BCUT2D eigenvalue weighted by atomic mass is 32.2. The zero-order valence-electron chi connectivity index (χ0n) is 19.5. The Kier molecular flexibility index (Phi) is 9.76. The molecule has 7 heteroatoms. The van der Waals surface area contributed by atoms with E-state index in [1.54, 1.807) is 12.1 Å². The van der Waals surface area contributed by atoms with Gasteiger partial charge in [0.2, 0.25) is 5.91 Å². The molecule has 3 rings (SSSR count). The molecule has 0 bridgehead atoms. The van der Waals surface area contributed by atoms with Crippen molar-refractivity contribution in [3.8, 4) is 0 Å². The van der Waals surface area contributed by atoms with Crippen molar-refractivity contribution in [2.45, 2.75) is 43.0 Å². The Hall–Kier alpha value is -2.38. The lowest BCUT2D eigenvalue weighted by molar-refractivity contribution is -0.118. The number of nitrogens with zero attached hydrogens (tertiary/aromatic N) is 1. The summed E-state index contributed by atoms with van der Waals surface area (Å²) in [6.07, 6.45) is 6.20. The van der Waals surface area contributed by atoms with Crippen molar-refractivity contribution in [2.75, 3.05) is 32.9 Å². The van der Waals surface area contributed by atoms with Crippen molar-refractivity contribution in [3.63, 3.8) is 0 Å². The predicted molar refractivity (Wildman–Crippen MR) is 132 cm³/mol. The van der Waals surface area contributed by atoms with Crippen LogP contribution in [0, 0.1) is 11.7 Å². The Morgan fingerprint density at radius 2 is 1.82 bits per heavy atom. The van der Waals surface area contributed by atoms with Crippen molar-refractivity contribution in [1.29, 1.82) is 0 Å². The number of hydrogen-bond acceptors (Lipinski definition) is 4. The van der Waals surface area contributed by atoms with E-state index in [9.17, 15) is 14.0 Å². The fourth-order valence-corrected chi connectivity index (χ4v) is 5.10. The third kappa shape index (κ3) is 7.86. The standard InChI is InChI=1S/C26H34FN3O2S/c1-30(2)23(20-11-8-12-21(27)15-20)17-29-26(32)22-13-6-7-14-24(22)33-18-25(31)28-16-19-9-4-3-5-10-19/h6-8,11-15,19,23H,3-5,9-10,16-18H2,1-2H3,(H,28,31)(H,29,32). The molecule has 1 saturated carbocycles. The fourth-order valence-electron chi connectivity index (χ4n) is 4.22. The van der Waals surface area contributed by atoms with Crippen molar-refractivity contribution in [2.24, 2.45) is 5.92 Å². The summed E-state index contributed by atoms with van der Waals surface area (Å²) in [6, 6.07) is 13.6. The van der Waals surface area contributed by atoms with Gasteiger partial charge in [-0.3, -0.25) is 9.59 Å². The van der Waals surface area contributed by atoms with Crippen LogP contribution >= 0.6 is 11.8 Å². The third-order valence-electron chi connectivity index (χ3n) is 6.12. The average Bonchev–Trinajstić information content (AvgIpc) is 2.82. The van der Waals surface area contributed by atoms with Gasteiger partial charge in [-0.1, -0.05) is 43.5 Å². The second-order valence-electron chi connectivity index (χ2n) is 8.84. The molecule has 2 aromatic carbocycles. The number of benzene rings is 2. The quantitative estimate of drug-likeness (QED) is 0.496. The normalized spacial score (nSPS) is 15.3. The highest BCUT2D eigenvalue weighted by Crippen LogP contribution is 2.25. The molecule has 178 valence electrons. The molecule has 1 fully saturated rings. The minimum atomic E-state index is -0.297. The second-order valence-corrected chi connectivity index (χ2v) is 9.85. The van der Waals surface area contributed by atoms with Crippen LogP contribution in [0.2, 0.25) is 0 Å². The zero-order valence-corrected chi connectivity index (χ0v) is 20.3. The molecular formula is C26H34FN3O2S. The molecule has 0 aromatic heterocycles. The average molecular weight is 472 g/mol. The number of nitrogens with one attached hydrogen (secondary N) is 2. The van der Waals surface area contributed by atoms with E-state index in [0.717, 1.165) is 17.0 Å². The molecule has 2 N–H and O–H groups in total. The maximum atomic E-state index is 13.7. The first-order valence-electron chi connectivity index (χ1n) is 11.6. The van der Waals surface area contributed by atoms with E-state index >= 15 is 0 Å². The minimum absolute atomic E-state index is 0.000407. The van der Waals surface area contributed by atoms with Gasteiger partial charge in [-0.05, 0) is 62.7 Å². The number of carbonyl (C=O) groups is 2. The van der Waals surface area contributed by atoms with Gasteiger partial charge in [0, 0.05) is 18.0 Å². The molecule has 2 amide bonds. The monoisotopic (exact) mass is 471 g/mol. The van der Waals surface area contributed by atoms with Crippen LogP contribution in [0.5, 0.6) is 0 Å². The summed E-state index contributed by atoms with van der Waals surface area (Å²) in [5.41, 5.74) is 1.34. The number of likely N-dealkylation sites (N-methyl/N-ethyl adjacent to an activating group) is 1. The zero-order chi connectivity index (χ0) is 23.6. The predicted octanol–water partition coefficient (Wildman–Crippen LogP) is 4.65. The maximum Gasteiger partial charge on any atom is 0.252 e. The summed E-state index contributed by atoms with van der Waals surface area (Å²) < 4.78 is 13.7. The molecule has 0 spiro atoms. The molecule has 0 saturated heterocycles. The number of halogens is 1. The molecule has 1 aliphatic rings.